The highest BCUT2D eigenvalue weighted by atomic mass is 16.5. The van der Waals surface area contributed by atoms with Crippen LogP contribution in [-0.2, 0) is 4.74 Å². The van der Waals surface area contributed by atoms with Crippen LogP contribution in [0.25, 0.3) is 0 Å². The quantitative estimate of drug-likeness (QED) is 0.744. The van der Waals surface area contributed by atoms with E-state index in [2.05, 4.69) is 10.3 Å². The first-order valence-electron chi connectivity index (χ1n) is 5.98. The summed E-state index contributed by atoms with van der Waals surface area (Å²) < 4.78 is 5.38. The topological polar surface area (TPSA) is 97.5 Å². The number of anilines is 2. The average molecular weight is 251 g/mol. The number of ether oxygens (including phenoxy) is 1. The van der Waals surface area contributed by atoms with E-state index in [-0.39, 0.29) is 5.69 Å². The van der Waals surface area contributed by atoms with Gasteiger partial charge in [-0.15, -0.1) is 0 Å². The van der Waals surface area contributed by atoms with Crippen molar-refractivity contribution in [3.63, 3.8) is 0 Å². The molecule has 0 aliphatic carbocycles. The molecule has 0 aromatic carbocycles. The van der Waals surface area contributed by atoms with Crippen molar-refractivity contribution in [3.05, 3.63) is 17.8 Å². The number of hydrogen-bond donors (Lipinski definition) is 3. The van der Waals surface area contributed by atoms with Crippen molar-refractivity contribution < 1.29 is 14.6 Å². The van der Waals surface area contributed by atoms with E-state index in [4.69, 9.17) is 15.6 Å². The summed E-state index contributed by atoms with van der Waals surface area (Å²) >= 11 is 0. The lowest BCUT2D eigenvalue weighted by atomic mass is 10.0. The van der Waals surface area contributed by atoms with Gasteiger partial charge in [0, 0.05) is 13.2 Å². The molecule has 2 heterocycles. The van der Waals surface area contributed by atoms with Gasteiger partial charge in [0.1, 0.15) is 5.82 Å². The van der Waals surface area contributed by atoms with Crippen molar-refractivity contribution in [2.75, 3.05) is 30.8 Å². The van der Waals surface area contributed by atoms with Crippen LogP contribution in [0.4, 0.5) is 11.5 Å². The van der Waals surface area contributed by atoms with Gasteiger partial charge in [0.2, 0.25) is 0 Å². The number of nitrogens with two attached hydrogens (primary N) is 1. The van der Waals surface area contributed by atoms with Crippen LogP contribution in [0, 0.1) is 5.92 Å². The molecular weight excluding hydrogens is 234 g/mol. The molecule has 0 saturated carbocycles. The molecule has 1 fully saturated rings. The Hall–Kier alpha value is -1.82. The lowest BCUT2D eigenvalue weighted by Crippen LogP contribution is -2.25. The molecule has 0 amide bonds. The third-order valence-electron chi connectivity index (χ3n) is 2.96. The van der Waals surface area contributed by atoms with E-state index >= 15 is 0 Å². The number of aromatic carboxylic acids is 1. The molecular formula is C12H17N3O3. The second-order valence-corrected chi connectivity index (χ2v) is 4.40. The highest BCUT2D eigenvalue weighted by Gasteiger charge is 2.15. The second-order valence-electron chi connectivity index (χ2n) is 4.40. The Morgan fingerprint density at radius 2 is 2.44 bits per heavy atom. The first kappa shape index (κ1) is 12.6. The van der Waals surface area contributed by atoms with E-state index < -0.39 is 5.97 Å². The molecule has 6 heteroatoms. The highest BCUT2D eigenvalue weighted by molar-refractivity contribution is 5.86. The molecule has 1 unspecified atom stereocenters. The van der Waals surface area contributed by atoms with Crippen LogP contribution in [0.15, 0.2) is 12.1 Å². The van der Waals surface area contributed by atoms with Crippen LogP contribution >= 0.6 is 0 Å². The zero-order chi connectivity index (χ0) is 13.0. The van der Waals surface area contributed by atoms with Crippen molar-refractivity contribution in [1.29, 1.82) is 0 Å². The maximum absolute atomic E-state index is 10.8. The summed E-state index contributed by atoms with van der Waals surface area (Å²) in [6.07, 6.45) is 2.16. The largest absolute Gasteiger partial charge is 0.477 e. The minimum atomic E-state index is -1.06. The Labute approximate surface area is 105 Å². The molecule has 18 heavy (non-hydrogen) atoms. The third kappa shape index (κ3) is 3.10. The summed E-state index contributed by atoms with van der Waals surface area (Å²) in [5.41, 5.74) is 6.20. The molecule has 1 atom stereocenters. The van der Waals surface area contributed by atoms with Crippen molar-refractivity contribution in [3.8, 4) is 0 Å². The first-order valence-corrected chi connectivity index (χ1v) is 5.98. The number of nitrogens with zero attached hydrogens (tertiary/aromatic N) is 1. The SMILES string of the molecule is Nc1ccc(C(=O)O)nc1NCC1CCCOC1. The summed E-state index contributed by atoms with van der Waals surface area (Å²) in [5, 5.41) is 12.0. The molecule has 4 N–H and O–H groups in total. The highest BCUT2D eigenvalue weighted by Crippen LogP contribution is 2.18. The Bertz CT molecular complexity index is 431. The Morgan fingerprint density at radius 3 is 3.11 bits per heavy atom. The van der Waals surface area contributed by atoms with E-state index in [1.54, 1.807) is 6.07 Å². The third-order valence-corrected chi connectivity index (χ3v) is 2.96. The summed E-state index contributed by atoms with van der Waals surface area (Å²) in [4.78, 5) is 14.8. The smallest absolute Gasteiger partial charge is 0.354 e. The van der Waals surface area contributed by atoms with Crippen LogP contribution in [0.5, 0.6) is 0 Å². The second kappa shape index (κ2) is 5.68. The monoisotopic (exact) mass is 251 g/mol. The minimum absolute atomic E-state index is 0.00778. The van der Waals surface area contributed by atoms with Gasteiger partial charge in [-0.1, -0.05) is 0 Å². The first-order chi connectivity index (χ1) is 8.66. The van der Waals surface area contributed by atoms with Crippen LogP contribution in [0.2, 0.25) is 0 Å². The summed E-state index contributed by atoms with van der Waals surface area (Å²) in [6, 6.07) is 2.95. The Balaban J connectivity index is 1.99. The number of pyridine rings is 1. The standard InChI is InChI=1S/C12H17N3O3/c13-9-3-4-10(12(16)17)15-11(9)14-6-8-2-1-5-18-7-8/h3-4,8H,1-2,5-7,13H2,(H,14,15)(H,16,17). The van der Waals surface area contributed by atoms with Crippen molar-refractivity contribution >= 4 is 17.5 Å². The predicted octanol–water partition coefficient (Wildman–Crippen LogP) is 1.20. The molecule has 1 aliphatic rings. The van der Waals surface area contributed by atoms with Crippen LogP contribution in [0.3, 0.4) is 0 Å². The van der Waals surface area contributed by atoms with Crippen LogP contribution in [0.1, 0.15) is 23.3 Å². The molecule has 98 valence electrons. The maximum atomic E-state index is 10.8. The number of hydrogen-bond acceptors (Lipinski definition) is 5. The van der Waals surface area contributed by atoms with Gasteiger partial charge in [-0.3, -0.25) is 0 Å². The number of nitrogens with one attached hydrogen (secondary N) is 1. The lowest BCUT2D eigenvalue weighted by Gasteiger charge is -2.22. The van der Waals surface area contributed by atoms with Gasteiger partial charge in [0.15, 0.2) is 5.69 Å². The summed E-state index contributed by atoms with van der Waals surface area (Å²) in [5.74, 6) is -0.201. The fraction of sp³-hybridized carbons (Fsp3) is 0.500. The molecule has 0 bridgehead atoms. The van der Waals surface area contributed by atoms with Gasteiger partial charge in [0.05, 0.1) is 12.3 Å². The lowest BCUT2D eigenvalue weighted by molar-refractivity contribution is 0.0594. The number of rotatable bonds is 4. The summed E-state index contributed by atoms with van der Waals surface area (Å²) in [7, 11) is 0. The van der Waals surface area contributed by atoms with E-state index in [0.717, 1.165) is 26.1 Å². The van der Waals surface area contributed by atoms with Gasteiger partial charge < -0.3 is 20.9 Å². The van der Waals surface area contributed by atoms with E-state index in [1.807, 2.05) is 0 Å². The molecule has 1 aromatic rings. The van der Waals surface area contributed by atoms with Crippen LogP contribution in [-0.4, -0.2) is 35.8 Å². The van der Waals surface area contributed by atoms with Gasteiger partial charge in [0.25, 0.3) is 0 Å². The van der Waals surface area contributed by atoms with Crippen LogP contribution < -0.4 is 11.1 Å². The van der Waals surface area contributed by atoms with Crippen molar-refractivity contribution in [1.82, 2.24) is 4.98 Å². The Kier molecular flexibility index (Phi) is 3.99. The fourth-order valence-electron chi connectivity index (χ4n) is 1.94. The molecule has 1 aromatic heterocycles. The summed E-state index contributed by atoms with van der Waals surface area (Å²) in [6.45, 7) is 2.25. The van der Waals surface area contributed by atoms with Gasteiger partial charge in [-0.2, -0.15) is 0 Å². The zero-order valence-electron chi connectivity index (χ0n) is 10.1. The molecule has 1 aliphatic heterocycles. The molecule has 2 rings (SSSR count). The van der Waals surface area contributed by atoms with Gasteiger partial charge >= 0.3 is 5.97 Å². The predicted molar refractivity (Wildman–Crippen MR) is 67.6 cm³/mol. The maximum Gasteiger partial charge on any atom is 0.354 e. The van der Waals surface area contributed by atoms with Gasteiger partial charge in [-0.25, -0.2) is 9.78 Å². The number of aromatic nitrogens is 1. The minimum Gasteiger partial charge on any atom is -0.477 e. The van der Waals surface area contributed by atoms with Crippen molar-refractivity contribution in [2.45, 2.75) is 12.8 Å². The van der Waals surface area contributed by atoms with E-state index in [1.165, 1.54) is 6.07 Å². The fourth-order valence-corrected chi connectivity index (χ4v) is 1.94. The van der Waals surface area contributed by atoms with Crippen molar-refractivity contribution in [2.24, 2.45) is 5.92 Å². The van der Waals surface area contributed by atoms with E-state index in [0.29, 0.717) is 24.0 Å². The number of carboxylic acids is 1. The molecule has 1 saturated heterocycles. The van der Waals surface area contributed by atoms with E-state index in [9.17, 15) is 4.79 Å². The number of nitrogen functional groups attached to an aromatic ring is 1. The number of carbonyl (C=O) groups is 1. The average Bonchev–Trinajstić information content (AvgIpc) is 2.38. The zero-order valence-corrected chi connectivity index (χ0v) is 10.1. The Morgan fingerprint density at radius 1 is 1.61 bits per heavy atom. The molecule has 0 spiro atoms. The van der Waals surface area contributed by atoms with Gasteiger partial charge in [-0.05, 0) is 30.9 Å². The molecule has 6 nitrogen and oxygen atoms in total. The normalized spacial score (nSPS) is 19.4. The number of carboxylic acid groups (broad SMARTS) is 1. The molecule has 0 radical (unpaired) electrons.